The van der Waals surface area contributed by atoms with Gasteiger partial charge in [-0.05, 0) is 56.6 Å². The lowest BCUT2D eigenvalue weighted by atomic mass is 9.83. The van der Waals surface area contributed by atoms with E-state index in [0.717, 1.165) is 37.5 Å². The predicted molar refractivity (Wildman–Crippen MR) is 118 cm³/mol. The third-order valence-electron chi connectivity index (χ3n) is 6.72. The Bertz CT molecular complexity index is 953. The fraction of sp³-hybridized carbons (Fsp3) is 0.727. The van der Waals surface area contributed by atoms with Gasteiger partial charge in [0.15, 0.2) is 5.75 Å². The molecule has 9 nitrogen and oxygen atoms in total. The normalized spacial score (nSPS) is 31.4. The van der Waals surface area contributed by atoms with Crippen LogP contribution in [-0.2, 0) is 19.5 Å². The summed E-state index contributed by atoms with van der Waals surface area (Å²) in [6.45, 7) is 2.38. The molecule has 0 spiro atoms. The molecule has 0 radical (unpaired) electrons. The van der Waals surface area contributed by atoms with Crippen LogP contribution in [0.15, 0.2) is 12.3 Å². The second kappa shape index (κ2) is 10.1. The highest BCUT2D eigenvalue weighted by molar-refractivity contribution is 7.88. The van der Waals surface area contributed by atoms with Gasteiger partial charge in [-0.2, -0.15) is 4.39 Å². The largest absolute Gasteiger partial charge is 0.489 e. The minimum absolute atomic E-state index is 0.00808. The van der Waals surface area contributed by atoms with Crippen LogP contribution < -0.4 is 9.46 Å². The van der Waals surface area contributed by atoms with Crippen LogP contribution in [0, 0.1) is 5.95 Å². The number of nitrogens with one attached hydrogen (secondary N) is 1. The van der Waals surface area contributed by atoms with Gasteiger partial charge in [-0.15, -0.1) is 0 Å². The Kier molecular flexibility index (Phi) is 7.40. The zero-order chi connectivity index (χ0) is 23.6. The van der Waals surface area contributed by atoms with Crippen molar-refractivity contribution in [1.82, 2.24) is 14.6 Å². The molecule has 4 aliphatic rings. The van der Waals surface area contributed by atoms with Crippen LogP contribution in [0.3, 0.4) is 0 Å². The predicted octanol–water partition coefficient (Wildman–Crippen LogP) is 2.56. The highest BCUT2D eigenvalue weighted by Crippen LogP contribution is 2.36. The number of sulfonamides is 1. The molecule has 1 aliphatic carbocycles. The maximum absolute atomic E-state index is 14.1. The molecule has 3 aliphatic heterocycles. The van der Waals surface area contributed by atoms with E-state index in [4.69, 9.17) is 14.2 Å². The van der Waals surface area contributed by atoms with E-state index < -0.39 is 34.1 Å². The molecule has 0 unspecified atom stereocenters. The summed E-state index contributed by atoms with van der Waals surface area (Å²) in [6.07, 6.45) is 6.41. The Morgan fingerprint density at radius 2 is 1.91 bits per heavy atom. The van der Waals surface area contributed by atoms with Crippen molar-refractivity contribution < 1.29 is 31.8 Å². The van der Waals surface area contributed by atoms with Gasteiger partial charge in [0.1, 0.15) is 0 Å². The number of aromatic nitrogens is 1. The molecular formula is C22H32FN3O6S. The Morgan fingerprint density at radius 3 is 2.64 bits per heavy atom. The van der Waals surface area contributed by atoms with Crippen LogP contribution in [-0.4, -0.2) is 74.7 Å². The minimum Gasteiger partial charge on any atom is -0.489 e. The summed E-state index contributed by atoms with van der Waals surface area (Å²) in [5.41, 5.74) is 0.953. The molecule has 2 fully saturated rings. The van der Waals surface area contributed by atoms with E-state index in [1.54, 1.807) is 17.2 Å². The molecule has 1 aromatic heterocycles. The first-order valence-electron chi connectivity index (χ1n) is 11.5. The SMILES string of the molecule is C[C@@H]1C[C@H](NS(C)(=O)=O)[C@@H]2COC3CCC(CC3)c3cnc(F)c(c3)OCCCOC(=O)N12. The average molecular weight is 486 g/mol. The molecular weight excluding hydrogens is 453 g/mol. The van der Waals surface area contributed by atoms with Gasteiger partial charge in [0.25, 0.3) is 5.95 Å². The quantitative estimate of drug-likeness (QED) is 0.642. The fourth-order valence-electron chi connectivity index (χ4n) is 5.11. The maximum atomic E-state index is 14.1. The third-order valence-corrected chi connectivity index (χ3v) is 7.45. The van der Waals surface area contributed by atoms with Crippen LogP contribution >= 0.6 is 0 Å². The highest BCUT2D eigenvalue weighted by atomic mass is 32.2. The molecule has 5 rings (SSSR count). The number of carbonyl (C=O) groups excluding carboxylic acids is 1. The van der Waals surface area contributed by atoms with E-state index >= 15 is 0 Å². The van der Waals surface area contributed by atoms with Gasteiger partial charge >= 0.3 is 6.09 Å². The summed E-state index contributed by atoms with van der Waals surface area (Å²) in [6, 6.07) is 0.610. The van der Waals surface area contributed by atoms with Gasteiger partial charge in [0.05, 0.1) is 38.2 Å². The van der Waals surface area contributed by atoms with Gasteiger partial charge in [0.2, 0.25) is 10.0 Å². The molecule has 33 heavy (non-hydrogen) atoms. The minimum atomic E-state index is -3.45. The molecule has 4 bridgehead atoms. The van der Waals surface area contributed by atoms with Crippen molar-refractivity contribution in [2.75, 3.05) is 26.1 Å². The number of amides is 1. The van der Waals surface area contributed by atoms with Gasteiger partial charge in [-0.3, -0.25) is 4.90 Å². The summed E-state index contributed by atoms with van der Waals surface area (Å²) in [5.74, 6) is -0.281. The second-order valence-electron chi connectivity index (χ2n) is 9.24. The first kappa shape index (κ1) is 24.2. The molecule has 3 atom stereocenters. The third kappa shape index (κ3) is 5.93. The summed E-state index contributed by atoms with van der Waals surface area (Å²) in [4.78, 5) is 18.3. The van der Waals surface area contributed by atoms with Crippen molar-refractivity contribution >= 4 is 16.1 Å². The monoisotopic (exact) mass is 485 g/mol. The van der Waals surface area contributed by atoms with E-state index in [9.17, 15) is 17.6 Å². The van der Waals surface area contributed by atoms with Crippen LogP contribution in [0.1, 0.15) is 56.9 Å². The van der Waals surface area contributed by atoms with Gasteiger partial charge in [0, 0.05) is 24.7 Å². The topological polar surface area (TPSA) is 107 Å². The van der Waals surface area contributed by atoms with Crippen molar-refractivity contribution in [3.8, 4) is 5.75 Å². The molecule has 11 heteroatoms. The van der Waals surface area contributed by atoms with Gasteiger partial charge < -0.3 is 14.2 Å². The smallest absolute Gasteiger partial charge is 0.410 e. The van der Waals surface area contributed by atoms with Crippen molar-refractivity contribution in [3.63, 3.8) is 0 Å². The second-order valence-corrected chi connectivity index (χ2v) is 11.0. The number of pyridine rings is 1. The van der Waals surface area contributed by atoms with Crippen molar-refractivity contribution in [2.45, 2.75) is 75.6 Å². The van der Waals surface area contributed by atoms with Crippen LogP contribution in [0.5, 0.6) is 5.75 Å². The number of halogens is 1. The summed E-state index contributed by atoms with van der Waals surface area (Å²) in [7, 11) is -3.45. The summed E-state index contributed by atoms with van der Waals surface area (Å²) >= 11 is 0. The molecule has 1 aromatic rings. The zero-order valence-corrected chi connectivity index (χ0v) is 19.9. The van der Waals surface area contributed by atoms with Crippen molar-refractivity contribution in [2.24, 2.45) is 0 Å². The van der Waals surface area contributed by atoms with Crippen LogP contribution in [0.25, 0.3) is 0 Å². The summed E-state index contributed by atoms with van der Waals surface area (Å²) < 4.78 is 57.8. The van der Waals surface area contributed by atoms with E-state index in [-0.39, 0.29) is 43.6 Å². The lowest BCUT2D eigenvalue weighted by molar-refractivity contribution is -0.0106. The number of rotatable bonds is 2. The van der Waals surface area contributed by atoms with Crippen molar-refractivity contribution in [1.29, 1.82) is 0 Å². The first-order chi connectivity index (χ1) is 15.7. The lowest BCUT2D eigenvalue weighted by Crippen LogP contribution is -2.50. The number of nitrogens with zero attached hydrogens (tertiary/aromatic N) is 2. The van der Waals surface area contributed by atoms with Gasteiger partial charge in [-0.25, -0.2) is 22.9 Å². The van der Waals surface area contributed by atoms with E-state index in [0.29, 0.717) is 12.8 Å². The number of fused-ring (bicyclic) bond motifs is 8. The molecule has 1 amide bonds. The first-order valence-corrected chi connectivity index (χ1v) is 13.4. The Morgan fingerprint density at radius 1 is 1.18 bits per heavy atom. The van der Waals surface area contributed by atoms with E-state index in [1.165, 1.54) is 0 Å². The molecule has 1 saturated heterocycles. The maximum Gasteiger partial charge on any atom is 0.410 e. The summed E-state index contributed by atoms with van der Waals surface area (Å²) in [5, 5.41) is 0. The lowest BCUT2D eigenvalue weighted by Gasteiger charge is -2.33. The number of hydrogen-bond acceptors (Lipinski definition) is 7. The Balaban J connectivity index is 1.53. The van der Waals surface area contributed by atoms with Gasteiger partial charge in [-0.1, -0.05) is 0 Å². The number of carbonyl (C=O) groups is 1. The molecule has 1 N–H and O–H groups in total. The van der Waals surface area contributed by atoms with Crippen LogP contribution in [0.2, 0.25) is 0 Å². The van der Waals surface area contributed by atoms with E-state index in [2.05, 4.69) is 9.71 Å². The highest BCUT2D eigenvalue weighted by Gasteiger charge is 2.44. The van der Waals surface area contributed by atoms with Crippen LogP contribution in [0.4, 0.5) is 9.18 Å². The average Bonchev–Trinajstić information content (AvgIpc) is 3.06. The molecule has 0 aromatic carbocycles. The van der Waals surface area contributed by atoms with E-state index in [1.807, 2.05) is 6.92 Å². The molecule has 4 heterocycles. The Hall–Kier alpha value is -1.98. The molecule has 1 saturated carbocycles. The van der Waals surface area contributed by atoms with Crippen molar-refractivity contribution in [3.05, 3.63) is 23.8 Å². The standard InChI is InChI=1S/C22H32FN3O6S/c1-14-10-18(25-33(2,28)29)19-13-32-17-6-4-15(5-7-17)16-11-20(21(23)24-12-16)30-8-3-9-31-22(27)26(14)19/h11-12,14-15,17-19,25H,3-10,13H2,1-2H3/t14-,15?,17?,18+,19+/m1/s1. The fourth-order valence-corrected chi connectivity index (χ4v) is 5.92. The Labute approximate surface area is 194 Å². The number of ether oxygens (including phenoxy) is 3. The molecule has 184 valence electrons. The zero-order valence-electron chi connectivity index (χ0n) is 19.0. The number of hydrogen-bond donors (Lipinski definition) is 1.